The number of ketones is 1. The number of ether oxygens (including phenoxy) is 1. The maximum Gasteiger partial charge on any atom is 0.329 e. The molecule has 35 heavy (non-hydrogen) atoms. The molecule has 0 spiro atoms. The Labute approximate surface area is 218 Å². The van der Waals surface area contributed by atoms with E-state index in [1.165, 1.54) is 89.9 Å². The molecular weight excluding hydrogens is 461 g/mol. The molecule has 0 bridgehead atoms. The monoisotopic (exact) mass is 519 g/mol. The molecule has 0 aliphatic carbocycles. The van der Waals surface area contributed by atoms with Gasteiger partial charge in [0.2, 0.25) is 0 Å². The van der Waals surface area contributed by atoms with Gasteiger partial charge in [0.15, 0.2) is 0 Å². The normalized spacial score (nSPS) is 13.4. The summed E-state index contributed by atoms with van der Waals surface area (Å²) in [4.78, 5) is 23.5. The highest BCUT2D eigenvalue weighted by molar-refractivity contribution is 7.40. The van der Waals surface area contributed by atoms with Crippen LogP contribution in [0.3, 0.4) is 0 Å². The SMILES string of the molecule is CCCCCCCCCCCCCCCCCOCC(COP(O)OCCCN(C)C)CC(C)=O. The van der Waals surface area contributed by atoms with E-state index in [1.807, 2.05) is 14.1 Å². The largest absolute Gasteiger partial charge is 0.381 e. The summed E-state index contributed by atoms with van der Waals surface area (Å²) in [5.41, 5.74) is 0. The minimum Gasteiger partial charge on any atom is -0.381 e. The lowest BCUT2D eigenvalue weighted by molar-refractivity contribution is -0.118. The van der Waals surface area contributed by atoms with Gasteiger partial charge in [-0.1, -0.05) is 96.8 Å². The highest BCUT2D eigenvalue weighted by Gasteiger charge is 2.16. The second-order valence-electron chi connectivity index (χ2n) is 10.3. The second-order valence-corrected chi connectivity index (χ2v) is 11.3. The topological polar surface area (TPSA) is 68.2 Å². The van der Waals surface area contributed by atoms with Gasteiger partial charge in [0, 0.05) is 18.9 Å². The third-order valence-electron chi connectivity index (χ3n) is 6.19. The van der Waals surface area contributed by atoms with E-state index < -0.39 is 8.60 Å². The van der Waals surface area contributed by atoms with Crippen LogP contribution in [0.2, 0.25) is 0 Å². The van der Waals surface area contributed by atoms with E-state index in [2.05, 4.69) is 11.8 Å². The smallest absolute Gasteiger partial charge is 0.329 e. The standard InChI is InChI=1S/C28H58NO5P/c1-5-6-7-8-9-10-11-12-13-14-15-16-17-18-19-22-32-25-28(24-27(2)30)26-34-35(31)33-23-20-21-29(3)4/h28,31H,5-26H2,1-4H3. The van der Waals surface area contributed by atoms with Crippen molar-refractivity contribution in [2.45, 2.75) is 123 Å². The average Bonchev–Trinajstić information content (AvgIpc) is 2.81. The zero-order valence-corrected chi connectivity index (χ0v) is 24.5. The van der Waals surface area contributed by atoms with Crippen LogP contribution in [0.1, 0.15) is 123 Å². The molecule has 0 saturated carbocycles. The first-order valence-corrected chi connectivity index (χ1v) is 15.6. The molecule has 2 unspecified atom stereocenters. The van der Waals surface area contributed by atoms with Gasteiger partial charge in [-0.2, -0.15) is 0 Å². The van der Waals surface area contributed by atoms with Gasteiger partial charge in [0.1, 0.15) is 5.78 Å². The Balaban J connectivity index is 3.58. The lowest BCUT2D eigenvalue weighted by Crippen LogP contribution is -2.19. The van der Waals surface area contributed by atoms with Crippen molar-refractivity contribution in [3.63, 3.8) is 0 Å². The van der Waals surface area contributed by atoms with Gasteiger partial charge in [-0.25, -0.2) is 0 Å². The summed E-state index contributed by atoms with van der Waals surface area (Å²) >= 11 is 0. The molecule has 0 aromatic carbocycles. The lowest BCUT2D eigenvalue weighted by Gasteiger charge is -2.18. The molecule has 0 heterocycles. The van der Waals surface area contributed by atoms with E-state index >= 15 is 0 Å². The first-order chi connectivity index (χ1) is 17.0. The predicted octanol–water partition coefficient (Wildman–Crippen LogP) is 7.67. The number of hydrogen-bond acceptors (Lipinski definition) is 6. The number of rotatable bonds is 28. The Hall–Kier alpha value is -0.100. The lowest BCUT2D eigenvalue weighted by atomic mass is 10.0. The molecule has 210 valence electrons. The number of Topliss-reactive ketones (excluding diaryl/α,β-unsaturated/α-hetero) is 1. The minimum absolute atomic E-state index is 0.0358. The summed E-state index contributed by atoms with van der Waals surface area (Å²) < 4.78 is 16.6. The van der Waals surface area contributed by atoms with Crippen molar-refractivity contribution >= 4 is 14.4 Å². The molecule has 0 aromatic rings. The van der Waals surface area contributed by atoms with Crippen LogP contribution < -0.4 is 0 Å². The summed E-state index contributed by atoms with van der Waals surface area (Å²) in [5, 5.41) is 0. The van der Waals surface area contributed by atoms with E-state index in [-0.39, 0.29) is 18.3 Å². The molecule has 0 aliphatic heterocycles. The Morgan fingerprint density at radius 3 is 1.74 bits per heavy atom. The van der Waals surface area contributed by atoms with E-state index in [4.69, 9.17) is 13.8 Å². The molecule has 0 amide bonds. The maximum atomic E-state index is 11.6. The molecule has 0 fully saturated rings. The Kier molecular flexibility index (Phi) is 26.9. The Morgan fingerprint density at radius 2 is 1.26 bits per heavy atom. The van der Waals surface area contributed by atoms with Crippen molar-refractivity contribution < 1.29 is 23.5 Å². The number of unbranched alkanes of at least 4 members (excludes halogenated alkanes) is 14. The third kappa shape index (κ3) is 28.3. The highest BCUT2D eigenvalue weighted by atomic mass is 31.2. The van der Waals surface area contributed by atoms with Gasteiger partial charge < -0.3 is 28.4 Å². The molecule has 0 saturated heterocycles. The average molecular weight is 520 g/mol. The molecular formula is C28H58NO5P. The van der Waals surface area contributed by atoms with E-state index in [0.717, 1.165) is 26.0 Å². The van der Waals surface area contributed by atoms with Crippen molar-refractivity contribution in [2.75, 3.05) is 47.1 Å². The van der Waals surface area contributed by atoms with Crippen LogP contribution in [0, 0.1) is 5.92 Å². The third-order valence-corrected chi connectivity index (χ3v) is 6.97. The number of hydrogen-bond donors (Lipinski definition) is 1. The summed E-state index contributed by atoms with van der Waals surface area (Å²) in [7, 11) is 2.11. The number of carbonyl (C=O) groups excluding carboxylic acids is 1. The van der Waals surface area contributed by atoms with Gasteiger partial charge >= 0.3 is 8.60 Å². The van der Waals surface area contributed by atoms with Crippen LogP contribution in [-0.4, -0.2) is 62.6 Å². The Morgan fingerprint density at radius 1 is 0.743 bits per heavy atom. The molecule has 0 rings (SSSR count). The van der Waals surface area contributed by atoms with E-state index in [9.17, 15) is 9.69 Å². The van der Waals surface area contributed by atoms with Crippen molar-refractivity contribution in [3.05, 3.63) is 0 Å². The number of nitrogens with zero attached hydrogens (tertiary/aromatic N) is 1. The fraction of sp³-hybridized carbons (Fsp3) is 0.964. The van der Waals surface area contributed by atoms with Crippen LogP contribution in [0.5, 0.6) is 0 Å². The van der Waals surface area contributed by atoms with Crippen LogP contribution in [-0.2, 0) is 18.6 Å². The number of carbonyl (C=O) groups is 1. The summed E-state index contributed by atoms with van der Waals surface area (Å²) in [5.74, 6) is 0.0784. The Bertz CT molecular complexity index is 453. The molecule has 7 heteroatoms. The molecule has 0 radical (unpaired) electrons. The van der Waals surface area contributed by atoms with Gasteiger partial charge in [-0.05, 0) is 40.4 Å². The van der Waals surface area contributed by atoms with Crippen molar-refractivity contribution in [1.82, 2.24) is 4.90 Å². The molecule has 0 aliphatic rings. The van der Waals surface area contributed by atoms with Gasteiger partial charge in [0.05, 0.1) is 19.8 Å². The molecule has 2 atom stereocenters. The van der Waals surface area contributed by atoms with E-state index in [1.54, 1.807) is 6.92 Å². The molecule has 6 nitrogen and oxygen atoms in total. The van der Waals surface area contributed by atoms with Crippen molar-refractivity contribution in [2.24, 2.45) is 5.92 Å². The first kappa shape index (κ1) is 34.9. The quantitative estimate of drug-likeness (QED) is 0.0845. The fourth-order valence-electron chi connectivity index (χ4n) is 4.13. The fourth-order valence-corrected chi connectivity index (χ4v) is 4.83. The van der Waals surface area contributed by atoms with Crippen molar-refractivity contribution in [3.8, 4) is 0 Å². The molecule has 0 aromatic heterocycles. The summed E-state index contributed by atoms with van der Waals surface area (Å²) in [6.07, 6.45) is 21.5. The minimum atomic E-state index is -1.89. The summed E-state index contributed by atoms with van der Waals surface area (Å²) in [6, 6.07) is 0. The van der Waals surface area contributed by atoms with Gasteiger partial charge in [0.25, 0.3) is 0 Å². The zero-order valence-electron chi connectivity index (χ0n) is 23.6. The van der Waals surface area contributed by atoms with E-state index in [0.29, 0.717) is 19.6 Å². The second kappa shape index (κ2) is 26.9. The van der Waals surface area contributed by atoms with Gasteiger partial charge in [-0.3, -0.25) is 0 Å². The van der Waals surface area contributed by atoms with Gasteiger partial charge in [-0.15, -0.1) is 0 Å². The first-order valence-electron chi connectivity index (χ1n) is 14.4. The van der Waals surface area contributed by atoms with Crippen LogP contribution >= 0.6 is 8.60 Å². The zero-order chi connectivity index (χ0) is 26.0. The maximum absolute atomic E-state index is 11.6. The highest BCUT2D eigenvalue weighted by Crippen LogP contribution is 2.33. The van der Waals surface area contributed by atoms with Crippen LogP contribution in [0.15, 0.2) is 0 Å². The van der Waals surface area contributed by atoms with Crippen LogP contribution in [0.25, 0.3) is 0 Å². The molecule has 1 N–H and O–H groups in total. The predicted molar refractivity (Wildman–Crippen MR) is 149 cm³/mol. The van der Waals surface area contributed by atoms with Crippen LogP contribution in [0.4, 0.5) is 0 Å². The summed E-state index contributed by atoms with van der Waals surface area (Å²) in [6.45, 7) is 6.73. The van der Waals surface area contributed by atoms with Crippen molar-refractivity contribution in [1.29, 1.82) is 0 Å².